The average Bonchev–Trinajstić information content (AvgIpc) is 3.19. The fraction of sp³-hybridized carbons (Fsp3) is 0.182. The van der Waals surface area contributed by atoms with Gasteiger partial charge in [-0.3, -0.25) is 14.9 Å². The summed E-state index contributed by atoms with van der Waals surface area (Å²) in [5.41, 5.74) is 3.96. The van der Waals surface area contributed by atoms with Gasteiger partial charge in [0.05, 0.1) is 4.92 Å². The van der Waals surface area contributed by atoms with E-state index in [1.807, 2.05) is 26.8 Å². The van der Waals surface area contributed by atoms with Gasteiger partial charge in [-0.05, 0) is 67.8 Å². The zero-order chi connectivity index (χ0) is 21.1. The number of furan rings is 1. The first-order valence-corrected chi connectivity index (χ1v) is 8.89. The Kier molecular flexibility index (Phi) is 5.59. The van der Waals surface area contributed by atoms with Crippen LogP contribution >= 0.6 is 0 Å². The van der Waals surface area contributed by atoms with E-state index in [0.29, 0.717) is 16.9 Å². The van der Waals surface area contributed by atoms with Crippen LogP contribution in [0.5, 0.6) is 0 Å². The van der Waals surface area contributed by atoms with Crippen molar-refractivity contribution in [3.8, 4) is 11.3 Å². The molecular formula is C22H19NO6. The highest BCUT2D eigenvalue weighted by Gasteiger charge is 2.18. The molecule has 3 rings (SSSR count). The number of non-ortho nitro benzene ring substituents is 1. The molecule has 7 nitrogen and oxygen atoms in total. The summed E-state index contributed by atoms with van der Waals surface area (Å²) in [4.78, 5) is 34.9. The van der Waals surface area contributed by atoms with Gasteiger partial charge in [0.1, 0.15) is 5.76 Å². The summed E-state index contributed by atoms with van der Waals surface area (Å²) >= 11 is 0. The summed E-state index contributed by atoms with van der Waals surface area (Å²) in [6.07, 6.45) is 0. The molecule has 0 spiro atoms. The molecule has 0 aliphatic rings. The molecule has 2 aromatic carbocycles. The number of carbonyl (C=O) groups excluding carboxylic acids is 2. The standard InChI is InChI=1S/C22H19NO6/c1-13-10-15(3)18(11-14(13)2)19(24)12-28-22(25)21-9-8-20(29-21)16-4-6-17(7-5-16)23(26)27/h4-11H,12H2,1-3H3. The fourth-order valence-electron chi connectivity index (χ4n) is 2.89. The summed E-state index contributed by atoms with van der Waals surface area (Å²) in [6, 6.07) is 12.5. The summed E-state index contributed by atoms with van der Waals surface area (Å²) in [6.45, 7) is 5.33. The van der Waals surface area contributed by atoms with Crippen LogP contribution in [-0.2, 0) is 4.74 Å². The highest BCUT2D eigenvalue weighted by molar-refractivity contribution is 6.00. The molecule has 1 aromatic heterocycles. The van der Waals surface area contributed by atoms with Crippen molar-refractivity contribution in [2.75, 3.05) is 6.61 Å². The summed E-state index contributed by atoms with van der Waals surface area (Å²) < 4.78 is 10.6. The highest BCUT2D eigenvalue weighted by atomic mass is 16.6. The molecule has 0 saturated heterocycles. The largest absolute Gasteiger partial charge is 0.451 e. The summed E-state index contributed by atoms with van der Waals surface area (Å²) in [5.74, 6) is -0.736. The van der Waals surface area contributed by atoms with Crippen molar-refractivity contribution < 1.29 is 23.7 Å². The Balaban J connectivity index is 1.67. The maximum absolute atomic E-state index is 12.4. The highest BCUT2D eigenvalue weighted by Crippen LogP contribution is 2.25. The molecule has 148 valence electrons. The van der Waals surface area contributed by atoms with Crippen LogP contribution in [0.1, 0.15) is 37.6 Å². The number of carbonyl (C=O) groups is 2. The molecule has 29 heavy (non-hydrogen) atoms. The van der Waals surface area contributed by atoms with Gasteiger partial charge in [-0.15, -0.1) is 0 Å². The smallest absolute Gasteiger partial charge is 0.374 e. The Labute approximate surface area is 167 Å². The lowest BCUT2D eigenvalue weighted by molar-refractivity contribution is -0.384. The molecule has 0 aliphatic carbocycles. The number of Topliss-reactive ketones (excluding diaryl/α,β-unsaturated/α-hetero) is 1. The van der Waals surface area contributed by atoms with Gasteiger partial charge in [0.15, 0.2) is 6.61 Å². The Bertz CT molecular complexity index is 1090. The molecule has 0 atom stereocenters. The minimum Gasteiger partial charge on any atom is -0.451 e. The molecule has 0 amide bonds. The average molecular weight is 393 g/mol. The van der Waals surface area contributed by atoms with Crippen molar-refractivity contribution in [1.29, 1.82) is 0 Å². The number of benzene rings is 2. The molecule has 1 heterocycles. The maximum Gasteiger partial charge on any atom is 0.374 e. The molecule has 0 unspecified atom stereocenters. The predicted molar refractivity (Wildman–Crippen MR) is 106 cm³/mol. The van der Waals surface area contributed by atoms with Crippen molar-refractivity contribution >= 4 is 17.4 Å². The second-order valence-electron chi connectivity index (χ2n) is 6.72. The molecule has 0 bridgehead atoms. The van der Waals surface area contributed by atoms with Gasteiger partial charge in [0, 0.05) is 23.3 Å². The monoisotopic (exact) mass is 393 g/mol. The van der Waals surface area contributed by atoms with Crippen LogP contribution in [0.2, 0.25) is 0 Å². The van der Waals surface area contributed by atoms with E-state index in [0.717, 1.165) is 16.7 Å². The number of nitro groups is 1. The molecule has 7 heteroatoms. The minimum absolute atomic E-state index is 0.0416. The van der Waals surface area contributed by atoms with E-state index in [2.05, 4.69) is 0 Å². The van der Waals surface area contributed by atoms with E-state index in [1.165, 1.54) is 30.3 Å². The Hall–Kier alpha value is -3.74. The quantitative estimate of drug-likeness (QED) is 0.258. The van der Waals surface area contributed by atoms with E-state index < -0.39 is 17.5 Å². The first-order valence-electron chi connectivity index (χ1n) is 8.89. The van der Waals surface area contributed by atoms with Crippen molar-refractivity contribution in [1.82, 2.24) is 0 Å². The maximum atomic E-state index is 12.4. The third-order valence-electron chi connectivity index (χ3n) is 4.65. The lowest BCUT2D eigenvalue weighted by Gasteiger charge is -2.09. The van der Waals surface area contributed by atoms with Crippen molar-refractivity contribution in [2.45, 2.75) is 20.8 Å². The molecule has 0 N–H and O–H groups in total. The first-order chi connectivity index (χ1) is 13.8. The number of aryl methyl sites for hydroxylation is 3. The van der Waals surface area contributed by atoms with Crippen molar-refractivity contribution in [3.05, 3.63) is 86.7 Å². The van der Waals surface area contributed by atoms with Crippen molar-refractivity contribution in [2.24, 2.45) is 0 Å². The summed E-state index contributed by atoms with van der Waals surface area (Å²) in [5, 5.41) is 10.7. The number of ether oxygens (including phenoxy) is 1. The molecule has 0 fully saturated rings. The number of nitrogens with zero attached hydrogens (tertiary/aromatic N) is 1. The first kappa shape index (κ1) is 20.0. The predicted octanol–water partition coefficient (Wildman–Crippen LogP) is 4.82. The number of nitro benzene ring substituents is 1. The second-order valence-corrected chi connectivity index (χ2v) is 6.72. The van der Waals surface area contributed by atoms with Crippen LogP contribution in [-0.4, -0.2) is 23.3 Å². The third kappa shape index (κ3) is 4.40. The number of hydrogen-bond acceptors (Lipinski definition) is 6. The number of ketones is 1. The van der Waals surface area contributed by atoms with Gasteiger partial charge < -0.3 is 9.15 Å². The molecule has 0 aliphatic heterocycles. The van der Waals surface area contributed by atoms with Crippen LogP contribution in [0, 0.1) is 30.9 Å². The lowest BCUT2D eigenvalue weighted by Crippen LogP contribution is -2.15. The molecule has 0 radical (unpaired) electrons. The van der Waals surface area contributed by atoms with E-state index in [-0.39, 0.29) is 17.2 Å². The van der Waals surface area contributed by atoms with Gasteiger partial charge >= 0.3 is 5.97 Å². The van der Waals surface area contributed by atoms with E-state index >= 15 is 0 Å². The van der Waals surface area contributed by atoms with E-state index in [1.54, 1.807) is 12.1 Å². The van der Waals surface area contributed by atoms with Crippen LogP contribution in [0.3, 0.4) is 0 Å². The number of esters is 1. The van der Waals surface area contributed by atoms with Crippen LogP contribution < -0.4 is 0 Å². The van der Waals surface area contributed by atoms with Gasteiger partial charge in [0.2, 0.25) is 11.5 Å². The number of rotatable bonds is 6. The SMILES string of the molecule is Cc1cc(C)c(C(=O)COC(=O)c2ccc(-c3ccc([N+](=O)[O-])cc3)o2)cc1C. The minimum atomic E-state index is -0.756. The third-order valence-corrected chi connectivity index (χ3v) is 4.65. The van der Waals surface area contributed by atoms with E-state index in [4.69, 9.17) is 9.15 Å². The van der Waals surface area contributed by atoms with E-state index in [9.17, 15) is 19.7 Å². The van der Waals surface area contributed by atoms with Gasteiger partial charge in [0.25, 0.3) is 5.69 Å². The van der Waals surface area contributed by atoms with Crippen LogP contribution in [0.15, 0.2) is 52.9 Å². The van der Waals surface area contributed by atoms with Crippen molar-refractivity contribution in [3.63, 3.8) is 0 Å². The van der Waals surface area contributed by atoms with Crippen LogP contribution in [0.4, 0.5) is 5.69 Å². The Morgan fingerprint density at radius 1 is 0.966 bits per heavy atom. The Morgan fingerprint density at radius 2 is 1.62 bits per heavy atom. The van der Waals surface area contributed by atoms with Gasteiger partial charge in [-0.25, -0.2) is 4.79 Å². The molecular weight excluding hydrogens is 374 g/mol. The Morgan fingerprint density at radius 3 is 2.28 bits per heavy atom. The molecule has 3 aromatic rings. The number of hydrogen-bond donors (Lipinski definition) is 0. The zero-order valence-corrected chi connectivity index (χ0v) is 16.2. The molecule has 0 saturated carbocycles. The van der Waals surface area contributed by atoms with Gasteiger partial charge in [-0.2, -0.15) is 0 Å². The summed E-state index contributed by atoms with van der Waals surface area (Å²) in [7, 11) is 0. The lowest BCUT2D eigenvalue weighted by atomic mass is 9.98. The van der Waals surface area contributed by atoms with Gasteiger partial charge in [-0.1, -0.05) is 6.07 Å². The normalized spacial score (nSPS) is 10.6. The second kappa shape index (κ2) is 8.10. The topological polar surface area (TPSA) is 99.7 Å². The zero-order valence-electron chi connectivity index (χ0n) is 16.2. The fourth-order valence-corrected chi connectivity index (χ4v) is 2.89. The van der Waals surface area contributed by atoms with Crippen LogP contribution in [0.25, 0.3) is 11.3 Å².